The molecule has 0 unspecified atom stereocenters. The Kier molecular flexibility index (Phi) is 8.10. The minimum atomic E-state index is -1.87. The molecule has 1 heterocycles. The topological polar surface area (TPSA) is 129 Å². The lowest BCUT2D eigenvalue weighted by atomic mass is 10.1. The van der Waals surface area contributed by atoms with E-state index >= 15 is 0 Å². The third-order valence-corrected chi connectivity index (χ3v) is 4.18. The van der Waals surface area contributed by atoms with Crippen LogP contribution in [0, 0.1) is 10.7 Å². The summed E-state index contributed by atoms with van der Waals surface area (Å²) in [6.45, 7) is 2.94. The van der Waals surface area contributed by atoms with E-state index in [1.807, 2.05) is 6.92 Å². The zero-order valence-electron chi connectivity index (χ0n) is 16.5. The predicted octanol–water partition coefficient (Wildman–Crippen LogP) is 1.74. The average molecular weight is 424 g/mol. The molecule has 2 atom stereocenters. The maximum absolute atomic E-state index is 14.1. The molecule has 1 aromatic carbocycles. The molecule has 11 heteroatoms. The summed E-state index contributed by atoms with van der Waals surface area (Å²) in [6, 6.07) is 3.25. The van der Waals surface area contributed by atoms with Crippen LogP contribution in [0.4, 0.5) is 10.1 Å². The molecule has 2 rings (SSSR count). The summed E-state index contributed by atoms with van der Waals surface area (Å²) in [5, 5.41) is 2.20. The fourth-order valence-electron chi connectivity index (χ4n) is 2.79. The van der Waals surface area contributed by atoms with Crippen LogP contribution in [0.1, 0.15) is 37.0 Å². The zero-order chi connectivity index (χ0) is 22.3. The summed E-state index contributed by atoms with van der Waals surface area (Å²) in [7, 11) is 0. The lowest BCUT2D eigenvalue weighted by Gasteiger charge is -2.34. The molecule has 1 fully saturated rings. The van der Waals surface area contributed by atoms with Crippen molar-refractivity contribution in [3.05, 3.63) is 34.5 Å². The zero-order valence-corrected chi connectivity index (χ0v) is 16.5. The van der Waals surface area contributed by atoms with Gasteiger partial charge < -0.3 is 19.1 Å². The Morgan fingerprint density at radius 1 is 1.33 bits per heavy atom. The molecule has 1 aromatic rings. The smallest absolute Gasteiger partial charge is 0.338 e. The summed E-state index contributed by atoms with van der Waals surface area (Å²) in [6.07, 6.45) is -2.06. The molecule has 0 saturated carbocycles. The third-order valence-electron chi connectivity index (χ3n) is 4.18. The summed E-state index contributed by atoms with van der Waals surface area (Å²) in [5.41, 5.74) is -0.0806. The molecule has 0 aliphatic carbocycles. The Morgan fingerprint density at radius 2 is 2.07 bits per heavy atom. The Morgan fingerprint density at radius 3 is 2.70 bits per heavy atom. The molecule has 0 spiro atoms. The van der Waals surface area contributed by atoms with Gasteiger partial charge in [0.25, 0.3) is 5.91 Å². The van der Waals surface area contributed by atoms with Gasteiger partial charge in [-0.15, -0.1) is 4.91 Å². The Hall–Kier alpha value is -3.21. The normalized spacial score (nSPS) is 17.2. The van der Waals surface area contributed by atoms with Crippen molar-refractivity contribution >= 4 is 29.4 Å². The molecule has 30 heavy (non-hydrogen) atoms. The molecular formula is C19H21FN2O8. The van der Waals surface area contributed by atoms with Crippen molar-refractivity contribution < 1.29 is 37.8 Å². The molecule has 1 aliphatic rings. The van der Waals surface area contributed by atoms with E-state index in [1.54, 1.807) is 0 Å². The molecule has 0 radical (unpaired) electrons. The molecule has 0 N–H and O–H groups in total. The van der Waals surface area contributed by atoms with Crippen LogP contribution in [0.25, 0.3) is 0 Å². The Labute approximate surface area is 171 Å². The molecule has 162 valence electrons. The number of morpholine rings is 1. The van der Waals surface area contributed by atoms with E-state index in [9.17, 15) is 28.5 Å². The Bertz CT molecular complexity index is 844. The first-order valence-electron chi connectivity index (χ1n) is 9.23. The van der Waals surface area contributed by atoms with E-state index in [4.69, 9.17) is 14.2 Å². The summed E-state index contributed by atoms with van der Waals surface area (Å²) < 4.78 is 29.1. The van der Waals surface area contributed by atoms with Gasteiger partial charge in [-0.25, -0.2) is 9.18 Å². The lowest BCUT2D eigenvalue weighted by molar-refractivity contribution is -0.168. The van der Waals surface area contributed by atoms with Gasteiger partial charge in [0, 0.05) is 24.3 Å². The third kappa shape index (κ3) is 5.66. The van der Waals surface area contributed by atoms with Gasteiger partial charge in [-0.05, 0) is 24.6 Å². The van der Waals surface area contributed by atoms with E-state index < -0.39 is 41.8 Å². The number of nitroso groups, excluding NO2 is 1. The van der Waals surface area contributed by atoms with Gasteiger partial charge in [-0.1, -0.05) is 13.3 Å². The van der Waals surface area contributed by atoms with Gasteiger partial charge >= 0.3 is 17.8 Å². The highest BCUT2D eigenvalue weighted by molar-refractivity contribution is 6.02. The summed E-state index contributed by atoms with van der Waals surface area (Å²) in [4.78, 5) is 59.7. The molecule has 1 aliphatic heterocycles. The molecule has 1 saturated heterocycles. The molecule has 10 nitrogen and oxygen atoms in total. The van der Waals surface area contributed by atoms with Crippen molar-refractivity contribution in [3.8, 4) is 0 Å². The number of hydrogen-bond acceptors (Lipinski definition) is 8. The summed E-state index contributed by atoms with van der Waals surface area (Å²) >= 11 is 0. The highest BCUT2D eigenvalue weighted by atomic mass is 19.1. The number of anilines is 1. The van der Waals surface area contributed by atoms with Gasteiger partial charge in [0.2, 0.25) is 6.10 Å². The number of halogens is 1. The fourth-order valence-corrected chi connectivity index (χ4v) is 2.79. The van der Waals surface area contributed by atoms with Crippen LogP contribution in [0.2, 0.25) is 0 Å². The minimum Gasteiger partial charge on any atom is -0.462 e. The van der Waals surface area contributed by atoms with Gasteiger partial charge in [0.05, 0.1) is 18.8 Å². The number of amides is 2. The van der Waals surface area contributed by atoms with E-state index in [1.165, 1.54) is 6.07 Å². The highest BCUT2D eigenvalue weighted by Crippen LogP contribution is 2.24. The number of carbonyl (C=O) groups is 4. The van der Waals surface area contributed by atoms with Gasteiger partial charge in [0.15, 0.2) is 6.10 Å². The molecule has 0 aromatic heterocycles. The minimum absolute atomic E-state index is 0.0174. The number of nitrogens with zero attached hydrogens (tertiary/aromatic N) is 2. The highest BCUT2D eigenvalue weighted by Gasteiger charge is 2.43. The van der Waals surface area contributed by atoms with E-state index in [0.29, 0.717) is 6.42 Å². The predicted molar refractivity (Wildman–Crippen MR) is 100 cm³/mol. The second-order valence-corrected chi connectivity index (χ2v) is 6.43. The Balaban J connectivity index is 2.29. The van der Waals surface area contributed by atoms with Crippen molar-refractivity contribution in [2.45, 2.75) is 38.9 Å². The van der Waals surface area contributed by atoms with Crippen LogP contribution >= 0.6 is 0 Å². The van der Waals surface area contributed by atoms with Gasteiger partial charge in [-0.3, -0.25) is 14.4 Å². The number of rotatable bonds is 8. The van der Waals surface area contributed by atoms with Crippen molar-refractivity contribution in [2.24, 2.45) is 5.18 Å². The number of unbranched alkanes of at least 4 members (excludes halogenated alkanes) is 1. The number of carbonyl (C=O) groups excluding carboxylic acids is 4. The van der Waals surface area contributed by atoms with E-state index in [-0.39, 0.29) is 31.0 Å². The maximum atomic E-state index is 14.1. The van der Waals surface area contributed by atoms with Crippen LogP contribution in [0.5, 0.6) is 0 Å². The van der Waals surface area contributed by atoms with E-state index in [2.05, 4.69) is 5.18 Å². The van der Waals surface area contributed by atoms with Gasteiger partial charge in [-0.2, -0.15) is 0 Å². The lowest BCUT2D eigenvalue weighted by Crippen LogP contribution is -2.55. The quantitative estimate of drug-likeness (QED) is 0.351. The first kappa shape index (κ1) is 23.1. The summed E-state index contributed by atoms with van der Waals surface area (Å²) in [5.74, 6) is -4.72. The monoisotopic (exact) mass is 424 g/mol. The van der Waals surface area contributed by atoms with Crippen molar-refractivity contribution in [3.63, 3.8) is 0 Å². The average Bonchev–Trinajstić information content (AvgIpc) is 2.71. The second kappa shape index (κ2) is 10.5. The van der Waals surface area contributed by atoms with Crippen molar-refractivity contribution in [1.82, 2.24) is 0 Å². The van der Waals surface area contributed by atoms with Crippen molar-refractivity contribution in [2.75, 3.05) is 24.7 Å². The molecule has 0 bridgehead atoms. The van der Waals surface area contributed by atoms with Crippen LogP contribution < -0.4 is 4.90 Å². The van der Waals surface area contributed by atoms with E-state index in [0.717, 1.165) is 30.4 Å². The second-order valence-electron chi connectivity index (χ2n) is 6.43. The number of hydrogen-bond donors (Lipinski definition) is 0. The van der Waals surface area contributed by atoms with Crippen LogP contribution in [0.15, 0.2) is 23.4 Å². The van der Waals surface area contributed by atoms with Gasteiger partial charge in [0.1, 0.15) is 5.82 Å². The number of esters is 2. The number of ether oxygens (including phenoxy) is 3. The van der Waals surface area contributed by atoms with Crippen LogP contribution in [-0.4, -0.2) is 55.7 Å². The first-order chi connectivity index (χ1) is 14.3. The molecular weight excluding hydrogens is 403 g/mol. The SMILES string of the molecule is CCCCOC(=O)c1cc(F)cc(N2CCO[C@H]([C@@H](OC(C)=O)C(=O)N=O)C2=O)c1. The van der Waals surface area contributed by atoms with Crippen LogP contribution in [0.3, 0.4) is 0 Å². The fraction of sp³-hybridized carbons (Fsp3) is 0.474. The number of benzene rings is 1. The van der Waals surface area contributed by atoms with Crippen molar-refractivity contribution in [1.29, 1.82) is 0 Å². The standard InChI is InChI=1S/C19H21FN2O8/c1-3-4-6-29-19(26)12-8-13(20)10-14(9-12)22-5-7-28-16(18(22)25)15(17(24)21-27)30-11(2)23/h8-10,15-16H,3-7H2,1-2H3/t15-,16-/m1/s1. The first-order valence-corrected chi connectivity index (χ1v) is 9.23. The molecule has 2 amide bonds. The van der Waals surface area contributed by atoms with Crippen LogP contribution in [-0.2, 0) is 28.6 Å². The largest absolute Gasteiger partial charge is 0.462 e. The maximum Gasteiger partial charge on any atom is 0.338 e.